The number of amides is 1. The largest absolute Gasteiger partial charge is 0.466 e. The number of esters is 1. The average molecular weight is 494 g/mol. The molecule has 0 unspecified atom stereocenters. The highest BCUT2D eigenvalue weighted by atomic mass is 19.1. The van der Waals surface area contributed by atoms with E-state index in [1.807, 2.05) is 12.4 Å². The summed E-state index contributed by atoms with van der Waals surface area (Å²) in [5, 5.41) is 0. The minimum atomic E-state index is -0.310. The van der Waals surface area contributed by atoms with Crippen LogP contribution < -0.4 is 0 Å². The van der Waals surface area contributed by atoms with Crippen LogP contribution in [0.15, 0.2) is 47.1 Å². The fourth-order valence-corrected chi connectivity index (χ4v) is 5.41. The molecular formula is C28H32FN3O4. The minimum absolute atomic E-state index is 0.232. The molecule has 2 fully saturated rings. The third-order valence-corrected chi connectivity index (χ3v) is 7.26. The molecule has 190 valence electrons. The van der Waals surface area contributed by atoms with Crippen LogP contribution in [-0.4, -0.2) is 46.0 Å². The zero-order valence-corrected chi connectivity index (χ0v) is 20.6. The number of hydrogen-bond acceptors (Lipinski definition) is 5. The number of hydrogen-bond donors (Lipinski definition) is 0. The lowest BCUT2D eigenvalue weighted by Crippen LogP contribution is -2.42. The van der Waals surface area contributed by atoms with E-state index in [0.717, 1.165) is 43.4 Å². The summed E-state index contributed by atoms with van der Waals surface area (Å²) in [5.41, 5.74) is 2.29. The highest BCUT2D eigenvalue weighted by Gasteiger charge is 2.32. The molecule has 5 rings (SSSR count). The van der Waals surface area contributed by atoms with Gasteiger partial charge in [0.2, 0.25) is 0 Å². The van der Waals surface area contributed by atoms with Crippen molar-refractivity contribution in [3.05, 3.63) is 54.3 Å². The molecule has 2 aliphatic rings. The zero-order chi connectivity index (χ0) is 25.1. The van der Waals surface area contributed by atoms with Gasteiger partial charge in [-0.2, -0.15) is 0 Å². The number of imidazole rings is 1. The van der Waals surface area contributed by atoms with Crippen LogP contribution in [0.25, 0.3) is 22.7 Å². The number of likely N-dealkylation sites (tertiary alicyclic amines) is 1. The van der Waals surface area contributed by atoms with E-state index in [4.69, 9.17) is 14.1 Å². The predicted molar refractivity (Wildman–Crippen MR) is 133 cm³/mol. The van der Waals surface area contributed by atoms with Gasteiger partial charge in [0.1, 0.15) is 11.5 Å². The van der Waals surface area contributed by atoms with Crippen molar-refractivity contribution in [2.45, 2.75) is 57.9 Å². The Hall–Kier alpha value is -3.42. The summed E-state index contributed by atoms with van der Waals surface area (Å²) in [7, 11) is 0. The number of nitrogens with zero attached hydrogens (tertiary/aromatic N) is 3. The number of ether oxygens (including phenoxy) is 1. The van der Waals surface area contributed by atoms with E-state index in [0.29, 0.717) is 43.6 Å². The fourth-order valence-electron chi connectivity index (χ4n) is 5.41. The van der Waals surface area contributed by atoms with Gasteiger partial charge in [-0.1, -0.05) is 19.3 Å². The van der Waals surface area contributed by atoms with Gasteiger partial charge in [0, 0.05) is 24.7 Å². The van der Waals surface area contributed by atoms with Crippen molar-refractivity contribution in [2.24, 2.45) is 5.92 Å². The average Bonchev–Trinajstić information content (AvgIpc) is 3.57. The van der Waals surface area contributed by atoms with Crippen LogP contribution in [0, 0.1) is 11.7 Å². The highest BCUT2D eigenvalue weighted by molar-refractivity contribution is 5.93. The number of benzene rings is 1. The van der Waals surface area contributed by atoms with Gasteiger partial charge in [-0.05, 0) is 69.0 Å². The van der Waals surface area contributed by atoms with E-state index in [2.05, 4.69) is 4.57 Å². The topological polar surface area (TPSA) is 77.6 Å². The van der Waals surface area contributed by atoms with Crippen molar-refractivity contribution in [3.8, 4) is 22.7 Å². The van der Waals surface area contributed by atoms with Crippen molar-refractivity contribution in [2.75, 3.05) is 19.7 Å². The molecule has 36 heavy (non-hydrogen) atoms. The van der Waals surface area contributed by atoms with Gasteiger partial charge in [0.05, 0.1) is 24.5 Å². The summed E-state index contributed by atoms with van der Waals surface area (Å²) >= 11 is 0. The second-order valence-electron chi connectivity index (χ2n) is 9.65. The summed E-state index contributed by atoms with van der Waals surface area (Å²) < 4.78 is 27.1. The highest BCUT2D eigenvalue weighted by Crippen LogP contribution is 2.38. The van der Waals surface area contributed by atoms with Gasteiger partial charge in [-0.15, -0.1) is 0 Å². The Kier molecular flexibility index (Phi) is 7.20. The molecule has 0 spiro atoms. The molecule has 1 saturated heterocycles. The van der Waals surface area contributed by atoms with Gasteiger partial charge in [-0.25, -0.2) is 9.37 Å². The van der Waals surface area contributed by atoms with Crippen LogP contribution in [0.5, 0.6) is 0 Å². The SMILES string of the molecule is CCOC(=O)[C@H]1CCCN(C(=O)c2ccc(-c3c(-c4ccc(F)cc4)ncn3C3CCCCC3)o2)C1. The van der Waals surface area contributed by atoms with Crippen molar-refractivity contribution < 1.29 is 23.1 Å². The molecule has 1 saturated carbocycles. The van der Waals surface area contributed by atoms with Crippen molar-refractivity contribution in [1.29, 1.82) is 0 Å². The number of piperidine rings is 1. The van der Waals surface area contributed by atoms with Crippen LogP contribution in [0.1, 0.15) is 68.5 Å². The lowest BCUT2D eigenvalue weighted by atomic mass is 9.95. The first-order valence-electron chi connectivity index (χ1n) is 12.9. The maximum absolute atomic E-state index is 13.6. The van der Waals surface area contributed by atoms with Crippen LogP contribution in [0.3, 0.4) is 0 Å². The Morgan fingerprint density at radius 3 is 2.58 bits per heavy atom. The van der Waals surface area contributed by atoms with Crippen molar-refractivity contribution >= 4 is 11.9 Å². The lowest BCUT2D eigenvalue weighted by molar-refractivity contribution is -0.149. The summed E-state index contributed by atoms with van der Waals surface area (Å²) in [6, 6.07) is 10.1. The number of furan rings is 1. The molecular weight excluding hydrogens is 461 g/mol. The number of aromatic nitrogens is 2. The molecule has 8 heteroatoms. The van der Waals surface area contributed by atoms with Gasteiger partial charge in [-0.3, -0.25) is 9.59 Å². The summed E-state index contributed by atoms with van der Waals surface area (Å²) in [4.78, 5) is 31.9. The van der Waals surface area contributed by atoms with Gasteiger partial charge >= 0.3 is 5.97 Å². The molecule has 1 amide bonds. The molecule has 0 N–H and O–H groups in total. The molecule has 0 radical (unpaired) electrons. The van der Waals surface area contributed by atoms with E-state index in [9.17, 15) is 14.0 Å². The normalized spacial score (nSPS) is 18.8. The summed E-state index contributed by atoms with van der Waals surface area (Å²) in [6.07, 6.45) is 8.96. The first-order valence-corrected chi connectivity index (χ1v) is 12.9. The van der Waals surface area contributed by atoms with Crippen LogP contribution in [0.4, 0.5) is 4.39 Å². The second-order valence-corrected chi connectivity index (χ2v) is 9.65. The molecule has 0 bridgehead atoms. The van der Waals surface area contributed by atoms with Gasteiger partial charge in [0.25, 0.3) is 5.91 Å². The fraction of sp³-hybridized carbons (Fsp3) is 0.464. The Morgan fingerprint density at radius 1 is 1.06 bits per heavy atom. The third kappa shape index (κ3) is 4.94. The maximum atomic E-state index is 13.6. The summed E-state index contributed by atoms with van der Waals surface area (Å²) in [6.45, 7) is 3.02. The first kappa shape index (κ1) is 24.3. The summed E-state index contributed by atoms with van der Waals surface area (Å²) in [5.74, 6) is -0.316. The predicted octanol–water partition coefficient (Wildman–Crippen LogP) is 5.87. The number of halogens is 1. The molecule has 1 aromatic carbocycles. The first-order chi connectivity index (χ1) is 17.5. The zero-order valence-electron chi connectivity index (χ0n) is 20.6. The van der Waals surface area contributed by atoms with E-state index >= 15 is 0 Å². The van der Waals surface area contributed by atoms with E-state index in [1.165, 1.54) is 18.6 Å². The van der Waals surface area contributed by atoms with E-state index < -0.39 is 0 Å². The molecule has 2 aromatic heterocycles. The number of rotatable bonds is 6. The molecule has 7 nitrogen and oxygen atoms in total. The van der Waals surface area contributed by atoms with Crippen LogP contribution in [0.2, 0.25) is 0 Å². The van der Waals surface area contributed by atoms with Gasteiger partial charge < -0.3 is 18.6 Å². The third-order valence-electron chi connectivity index (χ3n) is 7.26. The van der Waals surface area contributed by atoms with E-state index in [-0.39, 0.29) is 29.4 Å². The molecule has 1 atom stereocenters. The van der Waals surface area contributed by atoms with Gasteiger partial charge in [0.15, 0.2) is 11.5 Å². The lowest BCUT2D eigenvalue weighted by Gasteiger charge is -2.30. The second kappa shape index (κ2) is 10.7. The standard InChI is InChI=1S/C28H32FN3O4/c1-2-35-28(34)20-7-6-16-31(17-20)27(33)24-15-14-23(36-24)26-25(19-10-12-21(29)13-11-19)30-18-32(26)22-8-4-3-5-9-22/h10-15,18,20,22H,2-9,16-17H2,1H3/t20-/m0/s1. The Morgan fingerprint density at radius 2 is 1.83 bits per heavy atom. The Balaban J connectivity index is 1.45. The molecule has 3 aromatic rings. The van der Waals surface area contributed by atoms with Crippen LogP contribution >= 0.6 is 0 Å². The quantitative estimate of drug-likeness (QED) is 0.402. The van der Waals surface area contributed by atoms with Crippen molar-refractivity contribution in [1.82, 2.24) is 14.5 Å². The van der Waals surface area contributed by atoms with Crippen molar-refractivity contribution in [3.63, 3.8) is 0 Å². The maximum Gasteiger partial charge on any atom is 0.310 e. The monoisotopic (exact) mass is 493 g/mol. The molecule has 1 aliphatic heterocycles. The number of carbonyl (C=O) groups is 2. The minimum Gasteiger partial charge on any atom is -0.466 e. The smallest absolute Gasteiger partial charge is 0.310 e. The molecule has 3 heterocycles. The number of carbonyl (C=O) groups excluding carboxylic acids is 2. The Labute approximate surface area is 210 Å². The molecule has 1 aliphatic carbocycles. The Bertz CT molecular complexity index is 1210. The van der Waals surface area contributed by atoms with E-state index in [1.54, 1.807) is 30.0 Å². The van der Waals surface area contributed by atoms with Crippen LogP contribution in [-0.2, 0) is 9.53 Å².